The molecule has 27 heavy (non-hydrogen) atoms. The van der Waals surface area contributed by atoms with Crippen molar-refractivity contribution in [3.8, 4) is 11.5 Å². The van der Waals surface area contributed by atoms with Crippen LogP contribution in [0.25, 0.3) is 0 Å². The van der Waals surface area contributed by atoms with Crippen molar-refractivity contribution >= 4 is 23.5 Å². The van der Waals surface area contributed by atoms with Crippen LogP contribution in [0, 0.1) is 0 Å². The van der Waals surface area contributed by atoms with Crippen molar-refractivity contribution in [2.75, 3.05) is 49.0 Å². The number of carbonyl (C=O) groups is 1. The van der Waals surface area contributed by atoms with Gasteiger partial charge in [-0.05, 0) is 6.07 Å². The molecule has 9 nitrogen and oxygen atoms in total. The molecule has 0 saturated carbocycles. The quantitative estimate of drug-likeness (QED) is 0.809. The van der Waals surface area contributed by atoms with Crippen LogP contribution in [-0.4, -0.2) is 49.0 Å². The standard InChI is InChI=1S/C18H19N5O4/c19-16-14-11(10-2-1-3-12-15(10)27-9-26-12)8-13(24)20-17(14)22-18(21-16)23-4-6-25-7-5-23/h1-3,11H,4-9H2,(H3,19,20,21,22,24)/t11-/m1/s1. The second kappa shape index (κ2) is 6.27. The highest BCUT2D eigenvalue weighted by Crippen LogP contribution is 2.46. The zero-order valence-corrected chi connectivity index (χ0v) is 14.6. The Morgan fingerprint density at radius 1 is 1.19 bits per heavy atom. The number of hydrogen-bond acceptors (Lipinski definition) is 8. The predicted molar refractivity (Wildman–Crippen MR) is 97.1 cm³/mol. The van der Waals surface area contributed by atoms with Crippen LogP contribution in [0.3, 0.4) is 0 Å². The first kappa shape index (κ1) is 16.1. The molecule has 1 saturated heterocycles. The van der Waals surface area contributed by atoms with Crippen LogP contribution in [0.2, 0.25) is 0 Å². The fraction of sp³-hybridized carbons (Fsp3) is 0.389. The first-order valence-electron chi connectivity index (χ1n) is 8.89. The normalized spacial score (nSPS) is 21.0. The molecular formula is C18H19N5O4. The molecule has 2 aromatic rings. The van der Waals surface area contributed by atoms with Gasteiger partial charge in [0.1, 0.15) is 11.6 Å². The fourth-order valence-corrected chi connectivity index (χ4v) is 3.78. The van der Waals surface area contributed by atoms with Crippen molar-refractivity contribution in [3.05, 3.63) is 29.3 Å². The lowest BCUT2D eigenvalue weighted by atomic mass is 9.85. The topological polar surface area (TPSA) is 112 Å². The van der Waals surface area contributed by atoms with Gasteiger partial charge in [0, 0.05) is 36.6 Å². The molecule has 3 aliphatic rings. The van der Waals surface area contributed by atoms with E-state index in [1.165, 1.54) is 0 Å². The summed E-state index contributed by atoms with van der Waals surface area (Å²) in [6.45, 7) is 2.77. The van der Waals surface area contributed by atoms with Gasteiger partial charge >= 0.3 is 0 Å². The smallest absolute Gasteiger partial charge is 0.231 e. The van der Waals surface area contributed by atoms with Crippen molar-refractivity contribution in [3.63, 3.8) is 0 Å². The van der Waals surface area contributed by atoms with Gasteiger partial charge in [0.25, 0.3) is 0 Å². The molecule has 140 valence electrons. The fourth-order valence-electron chi connectivity index (χ4n) is 3.78. The summed E-state index contributed by atoms with van der Waals surface area (Å²) >= 11 is 0. The SMILES string of the molecule is Nc1nc(N2CCOCC2)nc2c1[C@@H](c1cccc3c1OCO3)CC(=O)N2. The van der Waals surface area contributed by atoms with Gasteiger partial charge in [-0.2, -0.15) is 9.97 Å². The van der Waals surface area contributed by atoms with Crippen LogP contribution in [-0.2, 0) is 9.53 Å². The number of anilines is 3. The maximum atomic E-state index is 12.4. The zero-order chi connectivity index (χ0) is 18.4. The molecule has 1 aromatic heterocycles. The van der Waals surface area contributed by atoms with Crippen LogP contribution in [0.1, 0.15) is 23.5 Å². The minimum atomic E-state index is -0.288. The van der Waals surface area contributed by atoms with Crippen LogP contribution in [0.4, 0.5) is 17.6 Å². The molecule has 4 heterocycles. The summed E-state index contributed by atoms with van der Waals surface area (Å²) < 4.78 is 16.5. The molecule has 0 spiro atoms. The molecule has 9 heteroatoms. The first-order valence-corrected chi connectivity index (χ1v) is 8.89. The number of nitrogens with one attached hydrogen (secondary N) is 1. The lowest BCUT2D eigenvalue weighted by Crippen LogP contribution is -2.38. The molecule has 3 aliphatic heterocycles. The molecular weight excluding hydrogens is 350 g/mol. The molecule has 0 radical (unpaired) electrons. The maximum absolute atomic E-state index is 12.4. The highest BCUT2D eigenvalue weighted by atomic mass is 16.7. The number of hydrogen-bond donors (Lipinski definition) is 2. The van der Waals surface area contributed by atoms with E-state index in [0.29, 0.717) is 55.4 Å². The number of para-hydroxylation sites is 1. The zero-order valence-electron chi connectivity index (χ0n) is 14.6. The number of nitrogen functional groups attached to an aromatic ring is 1. The summed E-state index contributed by atoms with van der Waals surface area (Å²) in [7, 11) is 0. The summed E-state index contributed by atoms with van der Waals surface area (Å²) in [5.74, 6) is 2.25. The highest BCUT2D eigenvalue weighted by molar-refractivity contribution is 5.95. The second-order valence-corrected chi connectivity index (χ2v) is 6.66. The average Bonchev–Trinajstić information content (AvgIpc) is 3.16. The third-order valence-electron chi connectivity index (χ3n) is 5.06. The van der Waals surface area contributed by atoms with E-state index in [1.807, 2.05) is 23.1 Å². The van der Waals surface area contributed by atoms with Gasteiger partial charge in [0.15, 0.2) is 11.5 Å². The van der Waals surface area contributed by atoms with E-state index >= 15 is 0 Å². The summed E-state index contributed by atoms with van der Waals surface area (Å²) in [4.78, 5) is 23.5. The summed E-state index contributed by atoms with van der Waals surface area (Å²) in [5.41, 5.74) is 7.91. The van der Waals surface area contributed by atoms with Gasteiger partial charge in [0.2, 0.25) is 18.6 Å². The lowest BCUT2D eigenvalue weighted by Gasteiger charge is -2.30. The molecule has 0 bridgehead atoms. The molecule has 0 aliphatic carbocycles. The highest BCUT2D eigenvalue weighted by Gasteiger charge is 2.35. The number of aromatic nitrogens is 2. The Morgan fingerprint density at radius 2 is 2.04 bits per heavy atom. The number of rotatable bonds is 2. The van der Waals surface area contributed by atoms with E-state index in [0.717, 1.165) is 11.1 Å². The number of morpholine rings is 1. The molecule has 1 amide bonds. The first-order chi connectivity index (χ1) is 13.2. The van der Waals surface area contributed by atoms with Gasteiger partial charge in [-0.25, -0.2) is 0 Å². The number of ether oxygens (including phenoxy) is 3. The van der Waals surface area contributed by atoms with Gasteiger partial charge < -0.3 is 30.2 Å². The van der Waals surface area contributed by atoms with Crippen LogP contribution >= 0.6 is 0 Å². The molecule has 5 rings (SSSR count). The van der Waals surface area contributed by atoms with Crippen molar-refractivity contribution in [2.45, 2.75) is 12.3 Å². The van der Waals surface area contributed by atoms with Gasteiger partial charge in [-0.3, -0.25) is 4.79 Å². The number of nitrogens with zero attached hydrogens (tertiary/aromatic N) is 3. The second-order valence-electron chi connectivity index (χ2n) is 6.66. The Morgan fingerprint density at radius 3 is 2.89 bits per heavy atom. The Bertz CT molecular complexity index is 913. The Labute approximate surface area is 155 Å². The number of fused-ring (bicyclic) bond motifs is 2. The van der Waals surface area contributed by atoms with E-state index < -0.39 is 0 Å². The molecule has 1 atom stereocenters. The average molecular weight is 369 g/mol. The number of amides is 1. The Kier molecular flexibility index (Phi) is 3.75. The minimum absolute atomic E-state index is 0.116. The molecule has 0 unspecified atom stereocenters. The minimum Gasteiger partial charge on any atom is -0.454 e. The molecule has 1 aromatic carbocycles. The van der Waals surface area contributed by atoms with E-state index in [-0.39, 0.29) is 25.0 Å². The van der Waals surface area contributed by atoms with E-state index in [4.69, 9.17) is 19.9 Å². The number of nitrogens with two attached hydrogens (primary N) is 1. The summed E-state index contributed by atoms with van der Waals surface area (Å²) in [6, 6.07) is 5.65. The van der Waals surface area contributed by atoms with Crippen molar-refractivity contribution in [1.82, 2.24) is 9.97 Å². The summed E-state index contributed by atoms with van der Waals surface area (Å²) in [5, 5.41) is 2.85. The predicted octanol–water partition coefficient (Wildman–Crippen LogP) is 1.10. The largest absolute Gasteiger partial charge is 0.454 e. The Balaban J connectivity index is 1.59. The number of carbonyl (C=O) groups excluding carboxylic acids is 1. The van der Waals surface area contributed by atoms with Gasteiger partial charge in [-0.15, -0.1) is 0 Å². The van der Waals surface area contributed by atoms with E-state index in [9.17, 15) is 4.79 Å². The molecule has 1 fully saturated rings. The third kappa shape index (κ3) is 2.71. The monoisotopic (exact) mass is 369 g/mol. The third-order valence-corrected chi connectivity index (χ3v) is 5.06. The van der Waals surface area contributed by atoms with E-state index in [2.05, 4.69) is 15.3 Å². The Hall–Kier alpha value is -3.07. The van der Waals surface area contributed by atoms with Crippen LogP contribution in [0.15, 0.2) is 18.2 Å². The van der Waals surface area contributed by atoms with Crippen molar-refractivity contribution in [1.29, 1.82) is 0 Å². The van der Waals surface area contributed by atoms with Gasteiger partial charge in [0.05, 0.1) is 13.2 Å². The van der Waals surface area contributed by atoms with Crippen molar-refractivity contribution in [2.24, 2.45) is 0 Å². The summed E-state index contributed by atoms with van der Waals surface area (Å²) in [6.07, 6.45) is 0.247. The lowest BCUT2D eigenvalue weighted by molar-refractivity contribution is -0.116. The number of benzene rings is 1. The van der Waals surface area contributed by atoms with Gasteiger partial charge in [-0.1, -0.05) is 12.1 Å². The van der Waals surface area contributed by atoms with E-state index in [1.54, 1.807) is 0 Å². The van der Waals surface area contributed by atoms with Crippen LogP contribution < -0.4 is 25.4 Å². The molecule has 3 N–H and O–H groups in total. The van der Waals surface area contributed by atoms with Crippen molar-refractivity contribution < 1.29 is 19.0 Å². The van der Waals surface area contributed by atoms with Crippen LogP contribution in [0.5, 0.6) is 11.5 Å². The maximum Gasteiger partial charge on any atom is 0.231 e.